The van der Waals surface area contributed by atoms with E-state index in [0.717, 1.165) is 16.5 Å². The number of aliphatic carboxylic acids is 1. The molecule has 1 atom stereocenters. The quantitative estimate of drug-likeness (QED) is 0.802. The molecule has 0 aliphatic rings. The van der Waals surface area contributed by atoms with Crippen LogP contribution in [0.25, 0.3) is 11.0 Å². The van der Waals surface area contributed by atoms with Gasteiger partial charge in [-0.2, -0.15) is 0 Å². The molecule has 2 aromatic rings. The number of para-hydroxylation sites is 1. The summed E-state index contributed by atoms with van der Waals surface area (Å²) >= 11 is 0. The summed E-state index contributed by atoms with van der Waals surface area (Å²) < 4.78 is 5.28. The molecule has 15 heavy (non-hydrogen) atoms. The molecule has 1 unspecified atom stereocenters. The minimum atomic E-state index is -0.909. The Hall–Kier alpha value is -1.81. The summed E-state index contributed by atoms with van der Waals surface area (Å²) in [6.07, 6.45) is 1.43. The number of hydrogen-bond acceptors (Lipinski definition) is 3. The lowest BCUT2D eigenvalue weighted by Gasteiger charge is -2.05. The van der Waals surface area contributed by atoms with Gasteiger partial charge in [-0.25, -0.2) is 0 Å². The third-order valence-corrected chi connectivity index (χ3v) is 2.30. The van der Waals surface area contributed by atoms with Crippen molar-refractivity contribution in [2.24, 2.45) is 5.73 Å². The van der Waals surface area contributed by atoms with Crippen molar-refractivity contribution in [2.45, 2.75) is 12.5 Å². The van der Waals surface area contributed by atoms with Crippen molar-refractivity contribution >= 4 is 16.9 Å². The monoisotopic (exact) mass is 205 g/mol. The molecule has 0 aliphatic carbocycles. The number of carbonyl (C=O) groups is 1. The molecule has 78 valence electrons. The Morgan fingerprint density at radius 1 is 1.47 bits per heavy atom. The number of hydrogen-bond donors (Lipinski definition) is 2. The second-order valence-corrected chi connectivity index (χ2v) is 3.39. The average molecular weight is 205 g/mol. The highest BCUT2D eigenvalue weighted by Gasteiger charge is 2.15. The Bertz CT molecular complexity index is 489. The van der Waals surface area contributed by atoms with E-state index in [4.69, 9.17) is 15.3 Å². The van der Waals surface area contributed by atoms with Crippen molar-refractivity contribution in [2.75, 3.05) is 0 Å². The lowest BCUT2D eigenvalue weighted by molar-refractivity contribution is -0.137. The maximum atomic E-state index is 10.5. The molecule has 3 N–H and O–H groups in total. The second kappa shape index (κ2) is 3.74. The van der Waals surface area contributed by atoms with E-state index in [2.05, 4.69) is 0 Å². The molecule has 0 fully saturated rings. The first kappa shape index (κ1) is 9.73. The van der Waals surface area contributed by atoms with E-state index in [1.165, 1.54) is 6.26 Å². The third kappa shape index (κ3) is 1.85. The van der Waals surface area contributed by atoms with E-state index < -0.39 is 12.0 Å². The van der Waals surface area contributed by atoms with Gasteiger partial charge in [0.1, 0.15) is 5.58 Å². The average Bonchev–Trinajstić information content (AvgIpc) is 2.59. The minimum Gasteiger partial charge on any atom is -0.481 e. The Labute approximate surface area is 86.3 Å². The zero-order valence-corrected chi connectivity index (χ0v) is 8.01. The molecule has 0 amide bonds. The molecular weight excluding hydrogens is 194 g/mol. The summed E-state index contributed by atoms with van der Waals surface area (Å²) in [5, 5.41) is 9.52. The summed E-state index contributed by atoms with van der Waals surface area (Å²) in [6.45, 7) is 0. The van der Waals surface area contributed by atoms with Crippen LogP contribution in [0.3, 0.4) is 0 Å². The van der Waals surface area contributed by atoms with E-state index >= 15 is 0 Å². The SMILES string of the molecule is NC(CC(=O)O)c1coc2ccccc12. The maximum Gasteiger partial charge on any atom is 0.305 e. The normalized spacial score (nSPS) is 12.9. The molecule has 0 saturated heterocycles. The number of nitrogens with two attached hydrogens (primary N) is 1. The van der Waals surface area contributed by atoms with Crippen molar-refractivity contribution < 1.29 is 14.3 Å². The van der Waals surface area contributed by atoms with Crippen molar-refractivity contribution in [1.29, 1.82) is 0 Å². The molecule has 0 bridgehead atoms. The largest absolute Gasteiger partial charge is 0.481 e. The maximum absolute atomic E-state index is 10.5. The first-order chi connectivity index (χ1) is 7.18. The molecule has 0 radical (unpaired) electrons. The number of carboxylic acid groups (broad SMARTS) is 1. The van der Waals surface area contributed by atoms with Crippen molar-refractivity contribution in [3.63, 3.8) is 0 Å². The Morgan fingerprint density at radius 2 is 2.20 bits per heavy atom. The van der Waals surface area contributed by atoms with Gasteiger partial charge in [-0.05, 0) is 6.07 Å². The van der Waals surface area contributed by atoms with E-state index in [-0.39, 0.29) is 6.42 Å². The highest BCUT2D eigenvalue weighted by Crippen LogP contribution is 2.26. The lowest BCUT2D eigenvalue weighted by Crippen LogP contribution is -2.14. The molecule has 0 aliphatic heterocycles. The molecule has 0 spiro atoms. The van der Waals surface area contributed by atoms with Gasteiger partial charge in [0, 0.05) is 17.0 Å². The van der Waals surface area contributed by atoms with Crippen LogP contribution in [0.5, 0.6) is 0 Å². The van der Waals surface area contributed by atoms with Crippen LogP contribution >= 0.6 is 0 Å². The van der Waals surface area contributed by atoms with Gasteiger partial charge in [-0.1, -0.05) is 18.2 Å². The number of furan rings is 1. The third-order valence-electron chi connectivity index (χ3n) is 2.30. The molecule has 4 heteroatoms. The molecule has 0 saturated carbocycles. The van der Waals surface area contributed by atoms with Crippen LogP contribution in [0.1, 0.15) is 18.0 Å². The standard InChI is InChI=1S/C11H11NO3/c12-9(5-11(13)14)8-6-15-10-4-2-1-3-7(8)10/h1-4,6,9H,5,12H2,(H,13,14). The van der Waals surface area contributed by atoms with Gasteiger partial charge in [0.15, 0.2) is 0 Å². The van der Waals surface area contributed by atoms with E-state index in [1.54, 1.807) is 0 Å². The fraction of sp³-hybridized carbons (Fsp3) is 0.182. The number of rotatable bonds is 3. The summed E-state index contributed by atoms with van der Waals surface area (Å²) in [6, 6.07) is 6.90. The van der Waals surface area contributed by atoms with Gasteiger partial charge in [-0.15, -0.1) is 0 Å². The van der Waals surface area contributed by atoms with Crippen LogP contribution in [-0.4, -0.2) is 11.1 Å². The summed E-state index contributed by atoms with van der Waals surface area (Å²) in [4.78, 5) is 10.5. The molecule has 4 nitrogen and oxygen atoms in total. The second-order valence-electron chi connectivity index (χ2n) is 3.39. The van der Waals surface area contributed by atoms with Gasteiger partial charge in [0.25, 0.3) is 0 Å². The Kier molecular flexibility index (Phi) is 2.43. The number of fused-ring (bicyclic) bond motifs is 1. The number of benzene rings is 1. The van der Waals surface area contributed by atoms with Crippen LogP contribution in [0.2, 0.25) is 0 Å². The fourth-order valence-corrected chi connectivity index (χ4v) is 1.58. The van der Waals surface area contributed by atoms with Crippen LogP contribution in [0, 0.1) is 0 Å². The molecule has 1 aromatic carbocycles. The summed E-state index contributed by atoms with van der Waals surface area (Å²) in [5.74, 6) is -0.909. The minimum absolute atomic E-state index is 0.0937. The summed E-state index contributed by atoms with van der Waals surface area (Å²) in [5.41, 5.74) is 7.24. The predicted octanol–water partition coefficient (Wildman–Crippen LogP) is 1.91. The fourth-order valence-electron chi connectivity index (χ4n) is 1.58. The Morgan fingerprint density at radius 3 is 2.93 bits per heavy atom. The zero-order chi connectivity index (χ0) is 10.8. The predicted molar refractivity (Wildman–Crippen MR) is 55.4 cm³/mol. The van der Waals surface area contributed by atoms with Crippen LogP contribution in [0.15, 0.2) is 34.9 Å². The van der Waals surface area contributed by atoms with Gasteiger partial charge in [-0.3, -0.25) is 4.79 Å². The van der Waals surface area contributed by atoms with Crippen LogP contribution in [0.4, 0.5) is 0 Å². The van der Waals surface area contributed by atoms with Gasteiger partial charge in [0.2, 0.25) is 0 Å². The van der Waals surface area contributed by atoms with E-state index in [9.17, 15) is 4.79 Å². The Balaban J connectivity index is 2.39. The van der Waals surface area contributed by atoms with Crippen molar-refractivity contribution in [3.05, 3.63) is 36.1 Å². The molecular formula is C11H11NO3. The lowest BCUT2D eigenvalue weighted by atomic mass is 10.0. The van der Waals surface area contributed by atoms with Crippen molar-refractivity contribution in [1.82, 2.24) is 0 Å². The highest BCUT2D eigenvalue weighted by molar-refractivity contribution is 5.82. The number of carboxylic acids is 1. The first-order valence-electron chi connectivity index (χ1n) is 4.62. The van der Waals surface area contributed by atoms with E-state index in [1.807, 2.05) is 24.3 Å². The summed E-state index contributed by atoms with van der Waals surface area (Å²) in [7, 11) is 0. The van der Waals surface area contributed by atoms with Gasteiger partial charge in [0.05, 0.1) is 12.7 Å². The molecule has 1 heterocycles. The topological polar surface area (TPSA) is 76.5 Å². The van der Waals surface area contributed by atoms with Gasteiger partial charge >= 0.3 is 5.97 Å². The smallest absolute Gasteiger partial charge is 0.305 e. The van der Waals surface area contributed by atoms with Crippen molar-refractivity contribution in [3.8, 4) is 0 Å². The molecule has 2 rings (SSSR count). The van der Waals surface area contributed by atoms with Crippen LogP contribution < -0.4 is 5.73 Å². The first-order valence-corrected chi connectivity index (χ1v) is 4.62. The highest BCUT2D eigenvalue weighted by atomic mass is 16.4. The zero-order valence-electron chi connectivity index (χ0n) is 8.01. The van der Waals surface area contributed by atoms with E-state index in [0.29, 0.717) is 0 Å². The van der Waals surface area contributed by atoms with Gasteiger partial charge < -0.3 is 15.3 Å². The molecule has 1 aromatic heterocycles. The van der Waals surface area contributed by atoms with Crippen LogP contribution in [-0.2, 0) is 4.79 Å².